The highest BCUT2D eigenvalue weighted by Gasteiger charge is 2.10. The predicted molar refractivity (Wildman–Crippen MR) is 104 cm³/mol. The van der Waals surface area contributed by atoms with E-state index in [2.05, 4.69) is 6.58 Å². The Morgan fingerprint density at radius 1 is 0.750 bits per heavy atom. The quantitative estimate of drug-likeness (QED) is 0.299. The molecule has 0 spiro atoms. The third-order valence-electron chi connectivity index (χ3n) is 3.75. The average Bonchev–Trinajstić information content (AvgIpc) is 2.71. The van der Waals surface area contributed by atoms with Crippen LogP contribution < -0.4 is 0 Å². The third-order valence-corrected chi connectivity index (χ3v) is 3.75. The van der Waals surface area contributed by atoms with E-state index in [1.54, 1.807) is 50.2 Å². The molecular weight excluding hydrogens is 360 g/mol. The van der Waals surface area contributed by atoms with Gasteiger partial charge in [-0.2, -0.15) is 0 Å². The van der Waals surface area contributed by atoms with Gasteiger partial charge in [0.05, 0.1) is 17.7 Å². The lowest BCUT2D eigenvalue weighted by Gasteiger charge is -2.07. The molecule has 2 aromatic carbocycles. The van der Waals surface area contributed by atoms with Crippen LogP contribution in [0.3, 0.4) is 0 Å². The molecule has 146 valence electrons. The Labute approximate surface area is 163 Å². The van der Waals surface area contributed by atoms with Gasteiger partial charge in [-0.15, -0.1) is 0 Å². The summed E-state index contributed by atoms with van der Waals surface area (Å²) in [6.45, 7) is 7.04. The average molecular weight is 382 g/mol. The zero-order valence-corrected chi connectivity index (χ0v) is 15.9. The molecule has 0 fully saturated rings. The molecular formula is C22H22O6. The number of carbonyl (C=O) groups is 3. The first kappa shape index (κ1) is 20.9. The molecule has 0 amide bonds. The van der Waals surface area contributed by atoms with Gasteiger partial charge in [0.2, 0.25) is 0 Å². The SMILES string of the molecule is C=C(C)C(=O)OCCOC(=O)c1ccc(-c2ccc(C(=O)OCC)cc2)cc1. The monoisotopic (exact) mass is 382 g/mol. The second-order valence-electron chi connectivity index (χ2n) is 5.93. The second kappa shape index (κ2) is 10.1. The molecule has 6 nitrogen and oxygen atoms in total. The Balaban J connectivity index is 1.92. The van der Waals surface area contributed by atoms with Crippen LogP contribution in [-0.4, -0.2) is 37.7 Å². The van der Waals surface area contributed by atoms with Crippen molar-refractivity contribution < 1.29 is 28.6 Å². The lowest BCUT2D eigenvalue weighted by Crippen LogP contribution is -2.14. The van der Waals surface area contributed by atoms with E-state index in [1.807, 2.05) is 12.1 Å². The van der Waals surface area contributed by atoms with Gasteiger partial charge in [-0.1, -0.05) is 30.8 Å². The molecule has 2 aromatic rings. The zero-order valence-electron chi connectivity index (χ0n) is 15.9. The molecule has 0 aliphatic rings. The topological polar surface area (TPSA) is 78.9 Å². The van der Waals surface area contributed by atoms with Gasteiger partial charge in [0.15, 0.2) is 0 Å². The Bertz CT molecular complexity index is 850. The van der Waals surface area contributed by atoms with E-state index in [9.17, 15) is 14.4 Å². The summed E-state index contributed by atoms with van der Waals surface area (Å²) in [7, 11) is 0. The Hall–Kier alpha value is -3.41. The fraction of sp³-hybridized carbons (Fsp3) is 0.227. The molecule has 0 aliphatic carbocycles. The second-order valence-corrected chi connectivity index (χ2v) is 5.93. The van der Waals surface area contributed by atoms with E-state index in [1.165, 1.54) is 0 Å². The van der Waals surface area contributed by atoms with Gasteiger partial charge < -0.3 is 14.2 Å². The summed E-state index contributed by atoms with van der Waals surface area (Å²) in [6.07, 6.45) is 0. The van der Waals surface area contributed by atoms with E-state index >= 15 is 0 Å². The summed E-state index contributed by atoms with van der Waals surface area (Å²) in [5.74, 6) is -1.38. The van der Waals surface area contributed by atoms with Crippen molar-refractivity contribution in [2.75, 3.05) is 19.8 Å². The lowest BCUT2D eigenvalue weighted by molar-refractivity contribution is -0.140. The van der Waals surface area contributed by atoms with Crippen molar-refractivity contribution in [1.82, 2.24) is 0 Å². The van der Waals surface area contributed by atoms with Crippen LogP contribution in [0.1, 0.15) is 34.6 Å². The fourth-order valence-electron chi connectivity index (χ4n) is 2.29. The van der Waals surface area contributed by atoms with Crippen LogP contribution in [0.4, 0.5) is 0 Å². The first-order valence-electron chi connectivity index (χ1n) is 8.79. The number of benzene rings is 2. The number of hydrogen-bond donors (Lipinski definition) is 0. The van der Waals surface area contributed by atoms with E-state index in [0.717, 1.165) is 11.1 Å². The maximum atomic E-state index is 12.0. The van der Waals surface area contributed by atoms with Gasteiger partial charge in [0, 0.05) is 5.57 Å². The van der Waals surface area contributed by atoms with Crippen molar-refractivity contribution in [1.29, 1.82) is 0 Å². The number of rotatable bonds is 8. The molecule has 0 aromatic heterocycles. The van der Waals surface area contributed by atoms with Gasteiger partial charge in [-0.25, -0.2) is 14.4 Å². The maximum absolute atomic E-state index is 12.0. The van der Waals surface area contributed by atoms with Crippen LogP contribution in [0.25, 0.3) is 11.1 Å². The Morgan fingerprint density at radius 3 is 1.61 bits per heavy atom. The smallest absolute Gasteiger partial charge is 0.338 e. The molecule has 0 saturated heterocycles. The van der Waals surface area contributed by atoms with Crippen molar-refractivity contribution >= 4 is 17.9 Å². The number of hydrogen-bond acceptors (Lipinski definition) is 6. The van der Waals surface area contributed by atoms with Crippen molar-refractivity contribution in [2.45, 2.75) is 13.8 Å². The van der Waals surface area contributed by atoms with Gasteiger partial charge in [-0.3, -0.25) is 0 Å². The van der Waals surface area contributed by atoms with Gasteiger partial charge in [-0.05, 0) is 49.2 Å². The highest BCUT2D eigenvalue weighted by Crippen LogP contribution is 2.21. The molecule has 0 bridgehead atoms. The minimum absolute atomic E-state index is 0.0255. The van der Waals surface area contributed by atoms with E-state index in [0.29, 0.717) is 17.7 Å². The first-order chi connectivity index (χ1) is 13.4. The standard InChI is InChI=1S/C22H22O6/c1-4-26-21(24)18-9-5-16(6-10-18)17-7-11-19(12-8-17)22(25)28-14-13-27-20(23)15(2)3/h5-12H,2,4,13-14H2,1,3H3. The number of ether oxygens (including phenoxy) is 3. The third kappa shape index (κ3) is 5.81. The summed E-state index contributed by atoms with van der Waals surface area (Å²) in [4.78, 5) is 34.9. The zero-order chi connectivity index (χ0) is 20.5. The number of esters is 3. The van der Waals surface area contributed by atoms with Crippen molar-refractivity contribution in [3.05, 3.63) is 71.8 Å². The van der Waals surface area contributed by atoms with Crippen molar-refractivity contribution in [3.63, 3.8) is 0 Å². The maximum Gasteiger partial charge on any atom is 0.338 e. The van der Waals surface area contributed by atoms with Crippen LogP contribution in [-0.2, 0) is 19.0 Å². The number of carbonyl (C=O) groups excluding carboxylic acids is 3. The van der Waals surface area contributed by atoms with Gasteiger partial charge in [0.1, 0.15) is 13.2 Å². The molecule has 0 N–H and O–H groups in total. The molecule has 28 heavy (non-hydrogen) atoms. The van der Waals surface area contributed by atoms with E-state index < -0.39 is 11.9 Å². The van der Waals surface area contributed by atoms with Crippen LogP contribution in [0.15, 0.2) is 60.7 Å². The summed E-state index contributed by atoms with van der Waals surface area (Å²) in [5, 5.41) is 0. The summed E-state index contributed by atoms with van der Waals surface area (Å²) < 4.78 is 14.9. The van der Waals surface area contributed by atoms with Crippen LogP contribution >= 0.6 is 0 Å². The minimum atomic E-state index is -0.519. The van der Waals surface area contributed by atoms with Crippen molar-refractivity contribution in [2.24, 2.45) is 0 Å². The predicted octanol–water partition coefficient (Wildman–Crippen LogP) is 3.81. The molecule has 0 heterocycles. The normalized spacial score (nSPS) is 10.1. The summed E-state index contributed by atoms with van der Waals surface area (Å²) in [6, 6.07) is 13.9. The fourth-order valence-corrected chi connectivity index (χ4v) is 2.29. The summed E-state index contributed by atoms with van der Waals surface area (Å²) >= 11 is 0. The van der Waals surface area contributed by atoms with E-state index in [4.69, 9.17) is 14.2 Å². The Kier molecular flexibility index (Phi) is 7.51. The van der Waals surface area contributed by atoms with Gasteiger partial charge >= 0.3 is 17.9 Å². The van der Waals surface area contributed by atoms with Crippen LogP contribution in [0.2, 0.25) is 0 Å². The summed E-state index contributed by atoms with van der Waals surface area (Å²) in [5.41, 5.74) is 2.95. The van der Waals surface area contributed by atoms with Gasteiger partial charge in [0.25, 0.3) is 0 Å². The minimum Gasteiger partial charge on any atom is -0.462 e. The highest BCUT2D eigenvalue weighted by molar-refractivity contribution is 5.91. The largest absolute Gasteiger partial charge is 0.462 e. The lowest BCUT2D eigenvalue weighted by atomic mass is 10.0. The molecule has 0 unspecified atom stereocenters. The van der Waals surface area contributed by atoms with Crippen LogP contribution in [0.5, 0.6) is 0 Å². The molecule has 2 rings (SSSR count). The van der Waals surface area contributed by atoms with Crippen molar-refractivity contribution in [3.8, 4) is 11.1 Å². The molecule has 0 saturated carbocycles. The molecule has 0 aliphatic heterocycles. The van der Waals surface area contributed by atoms with Crippen LogP contribution in [0, 0.1) is 0 Å². The molecule has 0 atom stereocenters. The highest BCUT2D eigenvalue weighted by atomic mass is 16.6. The molecule has 0 radical (unpaired) electrons. The van der Waals surface area contributed by atoms with E-state index in [-0.39, 0.29) is 24.8 Å². The Morgan fingerprint density at radius 2 is 1.18 bits per heavy atom. The first-order valence-corrected chi connectivity index (χ1v) is 8.79. The molecule has 6 heteroatoms.